The quantitative estimate of drug-likeness (QED) is 0.462. The summed E-state index contributed by atoms with van der Waals surface area (Å²) < 4.78 is 21.1. The number of likely N-dealkylation sites (N-methyl/N-ethyl adjacent to an activating group) is 1. The van der Waals surface area contributed by atoms with E-state index in [2.05, 4.69) is 4.74 Å². The molecule has 9 nitrogen and oxygen atoms in total. The van der Waals surface area contributed by atoms with Crippen LogP contribution in [0.2, 0.25) is 0 Å². The molecule has 0 N–H and O–H groups in total. The highest BCUT2D eigenvalue weighted by molar-refractivity contribution is 7.99. The molecule has 1 heterocycles. The van der Waals surface area contributed by atoms with Gasteiger partial charge in [-0.1, -0.05) is 19.6 Å². The van der Waals surface area contributed by atoms with E-state index >= 15 is 0 Å². The van der Waals surface area contributed by atoms with Crippen LogP contribution in [0.25, 0.3) is 0 Å². The minimum atomic E-state index is -1.04. The number of carbonyl (C=O) groups excluding carboxylic acids is 3. The molecule has 2 aromatic carbocycles. The molecular formula is C26H34N2O7S. The average molecular weight is 519 g/mol. The third-order valence-corrected chi connectivity index (χ3v) is 6.71. The minimum Gasteiger partial charge on any atom is -0.497 e. The molecule has 0 fully saturated rings. The Hall–Kier alpha value is -3.24. The molecule has 0 unspecified atom stereocenters. The Balaban J connectivity index is 0.00000456. The molecule has 0 radical (unpaired) electrons. The van der Waals surface area contributed by atoms with Crippen molar-refractivity contribution in [3.05, 3.63) is 48.0 Å². The molecule has 2 atom stereocenters. The lowest BCUT2D eigenvalue weighted by Crippen LogP contribution is -2.45. The molecule has 10 heteroatoms. The van der Waals surface area contributed by atoms with E-state index in [9.17, 15) is 14.4 Å². The van der Waals surface area contributed by atoms with Crippen LogP contribution < -0.4 is 14.4 Å². The molecule has 0 saturated carbocycles. The zero-order chi connectivity index (χ0) is 25.5. The second-order valence-corrected chi connectivity index (χ2v) is 9.31. The van der Waals surface area contributed by atoms with Crippen molar-refractivity contribution in [3.63, 3.8) is 0 Å². The van der Waals surface area contributed by atoms with Crippen molar-refractivity contribution >= 4 is 35.3 Å². The number of anilines is 1. The van der Waals surface area contributed by atoms with Gasteiger partial charge in [0.1, 0.15) is 11.5 Å². The van der Waals surface area contributed by atoms with Gasteiger partial charge in [0, 0.05) is 24.9 Å². The molecule has 2 aromatic rings. The highest BCUT2D eigenvalue weighted by atomic mass is 32.2. The van der Waals surface area contributed by atoms with E-state index in [1.54, 1.807) is 42.3 Å². The maximum Gasteiger partial charge on any atom is 0.343 e. The summed E-state index contributed by atoms with van der Waals surface area (Å²) in [6.45, 7) is 2.07. The van der Waals surface area contributed by atoms with Gasteiger partial charge in [-0.2, -0.15) is 0 Å². The van der Waals surface area contributed by atoms with Gasteiger partial charge in [-0.05, 0) is 50.0 Å². The first-order valence-corrected chi connectivity index (χ1v) is 11.9. The van der Waals surface area contributed by atoms with Gasteiger partial charge in [0.05, 0.1) is 25.2 Å². The smallest absolute Gasteiger partial charge is 0.343 e. The van der Waals surface area contributed by atoms with Crippen molar-refractivity contribution in [2.75, 3.05) is 52.9 Å². The van der Waals surface area contributed by atoms with Crippen LogP contribution in [0.5, 0.6) is 11.5 Å². The van der Waals surface area contributed by atoms with Gasteiger partial charge in [-0.15, -0.1) is 11.8 Å². The van der Waals surface area contributed by atoms with Crippen LogP contribution in [0.4, 0.5) is 5.69 Å². The minimum absolute atomic E-state index is 0. The first kappa shape index (κ1) is 29.0. The summed E-state index contributed by atoms with van der Waals surface area (Å²) in [6.07, 6.45) is -1.04. The monoisotopic (exact) mass is 518 g/mol. The van der Waals surface area contributed by atoms with Crippen molar-refractivity contribution in [2.24, 2.45) is 0 Å². The Morgan fingerprint density at radius 1 is 1.06 bits per heavy atom. The third-order valence-electron chi connectivity index (χ3n) is 5.35. The fraction of sp³-hybridized carbons (Fsp3) is 0.423. The molecule has 3 rings (SSSR count). The van der Waals surface area contributed by atoms with Crippen LogP contribution in [0.15, 0.2) is 47.4 Å². The number of rotatable bonds is 9. The fourth-order valence-electron chi connectivity index (χ4n) is 3.56. The molecular weight excluding hydrogens is 484 g/mol. The van der Waals surface area contributed by atoms with Gasteiger partial charge >= 0.3 is 11.9 Å². The number of methoxy groups -OCH3 is 2. The molecule has 0 aliphatic carbocycles. The predicted octanol–water partition coefficient (Wildman–Crippen LogP) is 3.56. The van der Waals surface area contributed by atoms with E-state index in [0.29, 0.717) is 30.3 Å². The summed E-state index contributed by atoms with van der Waals surface area (Å²) in [6, 6.07) is 12.6. The molecule has 1 aliphatic heterocycles. The lowest BCUT2D eigenvalue weighted by molar-refractivity contribution is -0.152. The number of ether oxygens (including phenoxy) is 4. The molecule has 0 aromatic heterocycles. The summed E-state index contributed by atoms with van der Waals surface area (Å²) >= 11 is 1.40. The molecule has 36 heavy (non-hydrogen) atoms. The Labute approximate surface area is 216 Å². The molecule has 0 saturated heterocycles. The molecule has 0 bridgehead atoms. The Morgan fingerprint density at radius 2 is 1.72 bits per heavy atom. The van der Waals surface area contributed by atoms with E-state index in [1.807, 2.05) is 31.1 Å². The van der Waals surface area contributed by atoms with Crippen LogP contribution in [0, 0.1) is 0 Å². The van der Waals surface area contributed by atoms with E-state index in [-0.39, 0.29) is 19.9 Å². The largest absolute Gasteiger partial charge is 0.497 e. The van der Waals surface area contributed by atoms with Crippen molar-refractivity contribution in [1.29, 1.82) is 0 Å². The zero-order valence-electron chi connectivity index (χ0n) is 20.5. The second kappa shape index (κ2) is 13.2. The summed E-state index contributed by atoms with van der Waals surface area (Å²) in [5.74, 6) is -0.211. The molecule has 1 amide bonds. The Kier molecular flexibility index (Phi) is 10.6. The zero-order valence-corrected chi connectivity index (χ0v) is 21.3. The summed E-state index contributed by atoms with van der Waals surface area (Å²) in [4.78, 5) is 41.7. The number of hydrogen-bond donors (Lipinski definition) is 0. The normalized spacial score (nSPS) is 16.9. The number of nitrogens with zero attached hydrogens (tertiary/aromatic N) is 2. The number of carbonyl (C=O) groups is 3. The Bertz CT molecular complexity index is 1060. The van der Waals surface area contributed by atoms with E-state index < -0.39 is 23.3 Å². The number of thioether (sulfide) groups is 1. The molecule has 0 spiro atoms. The van der Waals surface area contributed by atoms with E-state index in [0.717, 1.165) is 10.5 Å². The van der Waals surface area contributed by atoms with Crippen LogP contribution >= 0.6 is 11.8 Å². The van der Waals surface area contributed by atoms with Crippen LogP contribution in [0.3, 0.4) is 0 Å². The van der Waals surface area contributed by atoms with Crippen molar-refractivity contribution in [3.8, 4) is 11.5 Å². The van der Waals surface area contributed by atoms with Gasteiger partial charge in [-0.25, -0.2) is 4.79 Å². The maximum absolute atomic E-state index is 13.8. The SMILES string of the molecule is C.COC(=O)COc1ccc2c(c1)S[C@@H](c1ccc(OC)cc1)[C@@H](OC(C)=O)C(=O)N2CCN(C)C. The van der Waals surface area contributed by atoms with E-state index in [4.69, 9.17) is 14.2 Å². The summed E-state index contributed by atoms with van der Waals surface area (Å²) in [5, 5.41) is -0.517. The summed E-state index contributed by atoms with van der Waals surface area (Å²) in [7, 11) is 6.72. The number of hydrogen-bond acceptors (Lipinski definition) is 9. The van der Waals surface area contributed by atoms with Crippen LogP contribution in [-0.4, -0.2) is 76.9 Å². The highest BCUT2D eigenvalue weighted by Crippen LogP contribution is 2.48. The third kappa shape index (κ3) is 7.14. The maximum atomic E-state index is 13.8. The van der Waals surface area contributed by atoms with Crippen molar-refractivity contribution in [2.45, 2.75) is 30.6 Å². The lowest BCUT2D eigenvalue weighted by Gasteiger charge is -2.28. The number of fused-ring (bicyclic) bond motifs is 1. The van der Waals surface area contributed by atoms with Gasteiger partial charge in [0.15, 0.2) is 12.7 Å². The van der Waals surface area contributed by atoms with E-state index in [1.165, 1.54) is 25.8 Å². The molecule has 1 aliphatic rings. The summed E-state index contributed by atoms with van der Waals surface area (Å²) in [5.41, 5.74) is 1.48. The average Bonchev–Trinajstić information content (AvgIpc) is 2.95. The second-order valence-electron chi connectivity index (χ2n) is 8.13. The first-order valence-electron chi connectivity index (χ1n) is 11.0. The first-order chi connectivity index (χ1) is 16.7. The highest BCUT2D eigenvalue weighted by Gasteiger charge is 2.41. The van der Waals surface area contributed by atoms with Crippen molar-refractivity contribution < 1.29 is 33.3 Å². The Morgan fingerprint density at radius 3 is 2.31 bits per heavy atom. The molecule has 196 valence electrons. The van der Waals surface area contributed by atoms with Crippen LogP contribution in [0.1, 0.15) is 25.2 Å². The van der Waals surface area contributed by atoms with Crippen LogP contribution in [-0.2, 0) is 23.9 Å². The van der Waals surface area contributed by atoms with Crippen molar-refractivity contribution in [1.82, 2.24) is 4.90 Å². The van der Waals surface area contributed by atoms with Gasteiger partial charge in [0.25, 0.3) is 5.91 Å². The topological polar surface area (TPSA) is 94.6 Å². The number of esters is 2. The predicted molar refractivity (Wildman–Crippen MR) is 139 cm³/mol. The van der Waals surface area contributed by atoms with Gasteiger partial charge < -0.3 is 28.7 Å². The standard InChI is InChI=1S/C25H30N2O7S.CH4/c1-16(28)34-23-24(17-6-8-18(31-4)9-7-17)35-21-14-19(33-15-22(29)32-5)10-11-20(21)27(25(23)30)13-12-26(2)3;/h6-11,14,23-24H,12-13,15H2,1-5H3;1H4/t23-,24+;/m1./s1. The lowest BCUT2D eigenvalue weighted by atomic mass is 10.1. The fourth-order valence-corrected chi connectivity index (χ4v) is 4.91. The van der Waals surface area contributed by atoms with Gasteiger partial charge in [-0.3, -0.25) is 9.59 Å². The van der Waals surface area contributed by atoms with Gasteiger partial charge in [0.2, 0.25) is 0 Å². The number of amides is 1. The number of benzene rings is 2.